The highest BCUT2D eigenvalue weighted by Crippen LogP contribution is 2.14. The molecule has 4 heteroatoms. The molecule has 19 heavy (non-hydrogen) atoms. The Morgan fingerprint density at radius 2 is 1.68 bits per heavy atom. The fourth-order valence-electron chi connectivity index (χ4n) is 1.82. The van der Waals surface area contributed by atoms with Gasteiger partial charge in [-0.1, -0.05) is 12.1 Å². The van der Waals surface area contributed by atoms with Crippen LogP contribution in [0.1, 0.15) is 25.8 Å². The van der Waals surface area contributed by atoms with Gasteiger partial charge in [0.1, 0.15) is 5.78 Å². The van der Waals surface area contributed by atoms with Crippen LogP contribution in [0.3, 0.4) is 0 Å². The summed E-state index contributed by atoms with van der Waals surface area (Å²) >= 11 is 0. The zero-order valence-electron chi connectivity index (χ0n) is 12.1. The maximum Gasteiger partial charge on any atom is 0.230 e. The third kappa shape index (κ3) is 4.73. The van der Waals surface area contributed by atoms with E-state index in [1.54, 1.807) is 4.90 Å². The number of hydrogen-bond acceptors (Lipinski definition) is 3. The molecule has 0 aromatic heterocycles. The number of ketones is 1. The molecule has 0 bridgehead atoms. The van der Waals surface area contributed by atoms with Crippen molar-refractivity contribution in [1.82, 2.24) is 4.90 Å². The van der Waals surface area contributed by atoms with Crippen LogP contribution in [0.25, 0.3) is 0 Å². The van der Waals surface area contributed by atoms with Gasteiger partial charge in [0.25, 0.3) is 0 Å². The number of Topliss-reactive ketones (excluding diaryl/α,β-unsaturated/α-hetero) is 1. The van der Waals surface area contributed by atoms with Gasteiger partial charge in [-0.25, -0.2) is 0 Å². The molecule has 0 aliphatic heterocycles. The highest BCUT2D eigenvalue weighted by Gasteiger charge is 2.13. The number of rotatable bonds is 6. The average molecular weight is 262 g/mol. The van der Waals surface area contributed by atoms with Crippen LogP contribution in [-0.4, -0.2) is 37.2 Å². The fourth-order valence-corrected chi connectivity index (χ4v) is 1.82. The van der Waals surface area contributed by atoms with E-state index < -0.39 is 0 Å². The molecule has 0 unspecified atom stereocenters. The molecule has 0 radical (unpaired) electrons. The standard InChI is InChI=1S/C15H22N2O2/c1-5-17(15(19)10-12(2)18)11-13-6-8-14(9-7-13)16(3)4/h6-9H,5,10-11H2,1-4H3. The normalized spacial score (nSPS) is 10.1. The Morgan fingerprint density at radius 3 is 2.11 bits per heavy atom. The molecule has 1 aromatic rings. The van der Waals surface area contributed by atoms with Gasteiger partial charge in [-0.05, 0) is 31.5 Å². The van der Waals surface area contributed by atoms with Crippen LogP contribution >= 0.6 is 0 Å². The Bertz CT molecular complexity index is 438. The maximum absolute atomic E-state index is 11.9. The Labute approximate surface area is 115 Å². The minimum atomic E-state index is -0.105. The van der Waals surface area contributed by atoms with E-state index in [1.807, 2.05) is 50.2 Å². The highest BCUT2D eigenvalue weighted by atomic mass is 16.2. The van der Waals surface area contributed by atoms with Crippen LogP contribution in [0.2, 0.25) is 0 Å². The molecule has 0 atom stereocenters. The predicted molar refractivity (Wildman–Crippen MR) is 77.2 cm³/mol. The third-order valence-corrected chi connectivity index (χ3v) is 2.96. The molecular weight excluding hydrogens is 240 g/mol. The lowest BCUT2D eigenvalue weighted by molar-refractivity contribution is -0.135. The molecule has 0 saturated heterocycles. The van der Waals surface area contributed by atoms with E-state index in [0.717, 1.165) is 11.3 Å². The summed E-state index contributed by atoms with van der Waals surface area (Å²) in [7, 11) is 3.98. The van der Waals surface area contributed by atoms with Gasteiger partial charge in [0, 0.05) is 32.9 Å². The SMILES string of the molecule is CCN(Cc1ccc(N(C)C)cc1)C(=O)CC(C)=O. The molecule has 0 N–H and O–H groups in total. The summed E-state index contributed by atoms with van der Waals surface area (Å²) in [6, 6.07) is 8.08. The number of amides is 1. The molecule has 4 nitrogen and oxygen atoms in total. The van der Waals surface area contributed by atoms with Crippen LogP contribution in [0.15, 0.2) is 24.3 Å². The van der Waals surface area contributed by atoms with Crippen molar-refractivity contribution in [3.63, 3.8) is 0 Å². The quantitative estimate of drug-likeness (QED) is 0.737. The molecule has 104 valence electrons. The van der Waals surface area contributed by atoms with Gasteiger partial charge in [0.15, 0.2) is 0 Å². The number of carbonyl (C=O) groups is 2. The minimum absolute atomic E-state index is 0.0103. The molecule has 1 aromatic carbocycles. The first-order chi connectivity index (χ1) is 8.93. The van der Waals surface area contributed by atoms with Crippen LogP contribution in [0, 0.1) is 0 Å². The number of carbonyl (C=O) groups excluding carboxylic acids is 2. The lowest BCUT2D eigenvalue weighted by Gasteiger charge is -2.21. The summed E-state index contributed by atoms with van der Waals surface area (Å²) in [5, 5.41) is 0. The van der Waals surface area contributed by atoms with Crippen molar-refractivity contribution in [3.05, 3.63) is 29.8 Å². The second-order valence-electron chi connectivity index (χ2n) is 4.85. The smallest absolute Gasteiger partial charge is 0.230 e. The predicted octanol–water partition coefficient (Wildman–Crippen LogP) is 2.08. The van der Waals surface area contributed by atoms with Crippen LogP contribution < -0.4 is 4.90 Å². The zero-order chi connectivity index (χ0) is 14.4. The fraction of sp³-hybridized carbons (Fsp3) is 0.467. The molecule has 0 aliphatic carbocycles. The van der Waals surface area contributed by atoms with E-state index in [2.05, 4.69) is 0 Å². The van der Waals surface area contributed by atoms with Gasteiger partial charge < -0.3 is 9.80 Å². The van der Waals surface area contributed by atoms with E-state index in [-0.39, 0.29) is 18.1 Å². The van der Waals surface area contributed by atoms with Gasteiger partial charge in [0.2, 0.25) is 5.91 Å². The second-order valence-corrected chi connectivity index (χ2v) is 4.85. The Balaban J connectivity index is 2.70. The Morgan fingerprint density at radius 1 is 1.11 bits per heavy atom. The van der Waals surface area contributed by atoms with E-state index in [0.29, 0.717) is 13.1 Å². The largest absolute Gasteiger partial charge is 0.378 e. The van der Waals surface area contributed by atoms with Crippen molar-refractivity contribution in [2.45, 2.75) is 26.8 Å². The summed E-state index contributed by atoms with van der Waals surface area (Å²) < 4.78 is 0. The minimum Gasteiger partial charge on any atom is -0.378 e. The monoisotopic (exact) mass is 262 g/mol. The van der Waals surface area contributed by atoms with Gasteiger partial charge in [-0.15, -0.1) is 0 Å². The van der Waals surface area contributed by atoms with Crippen molar-refractivity contribution in [1.29, 1.82) is 0 Å². The van der Waals surface area contributed by atoms with Crippen molar-refractivity contribution >= 4 is 17.4 Å². The van der Waals surface area contributed by atoms with E-state index >= 15 is 0 Å². The van der Waals surface area contributed by atoms with E-state index in [1.165, 1.54) is 6.92 Å². The van der Waals surface area contributed by atoms with Crippen molar-refractivity contribution in [2.75, 3.05) is 25.5 Å². The van der Waals surface area contributed by atoms with Crippen LogP contribution in [0.4, 0.5) is 5.69 Å². The molecular formula is C15H22N2O2. The van der Waals surface area contributed by atoms with Crippen LogP contribution in [0.5, 0.6) is 0 Å². The second kappa shape index (κ2) is 6.92. The van der Waals surface area contributed by atoms with Gasteiger partial charge in [-0.2, -0.15) is 0 Å². The average Bonchev–Trinajstić information content (AvgIpc) is 2.35. The zero-order valence-corrected chi connectivity index (χ0v) is 12.1. The third-order valence-electron chi connectivity index (χ3n) is 2.96. The van der Waals surface area contributed by atoms with Crippen molar-refractivity contribution in [3.8, 4) is 0 Å². The summed E-state index contributed by atoms with van der Waals surface area (Å²) in [4.78, 5) is 26.6. The summed E-state index contributed by atoms with van der Waals surface area (Å²) in [5.74, 6) is -0.196. The summed E-state index contributed by atoms with van der Waals surface area (Å²) in [6.45, 7) is 4.53. The van der Waals surface area contributed by atoms with Gasteiger partial charge in [-0.3, -0.25) is 9.59 Å². The number of hydrogen-bond donors (Lipinski definition) is 0. The number of anilines is 1. The molecule has 0 aliphatic rings. The molecule has 1 rings (SSSR count). The number of nitrogens with zero attached hydrogens (tertiary/aromatic N) is 2. The molecule has 0 fully saturated rings. The van der Waals surface area contributed by atoms with Crippen LogP contribution in [-0.2, 0) is 16.1 Å². The lowest BCUT2D eigenvalue weighted by Crippen LogP contribution is -2.31. The first-order valence-electron chi connectivity index (χ1n) is 6.47. The summed E-state index contributed by atoms with van der Waals surface area (Å²) in [6.07, 6.45) is -0.0103. The first-order valence-corrected chi connectivity index (χ1v) is 6.47. The van der Waals surface area contributed by atoms with Crippen molar-refractivity contribution < 1.29 is 9.59 Å². The molecule has 0 saturated carbocycles. The molecule has 0 heterocycles. The Hall–Kier alpha value is -1.84. The molecule has 1 amide bonds. The first kappa shape index (κ1) is 15.2. The number of benzene rings is 1. The summed E-state index contributed by atoms with van der Waals surface area (Å²) in [5.41, 5.74) is 2.20. The molecule has 0 spiro atoms. The highest BCUT2D eigenvalue weighted by molar-refractivity contribution is 5.96. The van der Waals surface area contributed by atoms with E-state index in [9.17, 15) is 9.59 Å². The Kier molecular flexibility index (Phi) is 5.55. The van der Waals surface area contributed by atoms with E-state index in [4.69, 9.17) is 0 Å². The lowest BCUT2D eigenvalue weighted by atomic mass is 10.1. The van der Waals surface area contributed by atoms with Gasteiger partial charge in [0.05, 0.1) is 6.42 Å². The van der Waals surface area contributed by atoms with Gasteiger partial charge >= 0.3 is 0 Å². The topological polar surface area (TPSA) is 40.6 Å². The maximum atomic E-state index is 11.9. The van der Waals surface area contributed by atoms with Crippen molar-refractivity contribution in [2.24, 2.45) is 0 Å².